The predicted octanol–water partition coefficient (Wildman–Crippen LogP) is -0.443. The Morgan fingerprint density at radius 2 is 2.58 bits per heavy atom. The summed E-state index contributed by atoms with van der Waals surface area (Å²) < 4.78 is 13.3. The van der Waals surface area contributed by atoms with Crippen molar-refractivity contribution < 1.29 is 9.50 Å². The second kappa shape index (κ2) is 4.01. The molecule has 1 aromatic rings. The van der Waals surface area contributed by atoms with Crippen LogP contribution in [0.4, 0.5) is 10.2 Å². The Labute approximate surface area is 69.2 Å². The summed E-state index contributed by atoms with van der Waals surface area (Å²) in [6, 6.07) is 0. The van der Waals surface area contributed by atoms with E-state index in [1.54, 1.807) is 13.2 Å². The number of aliphatic hydroxyl groups excluding tert-OH is 1. The smallest absolute Gasteiger partial charge is 0.168 e. The van der Waals surface area contributed by atoms with Crippen LogP contribution in [0.1, 0.15) is 0 Å². The number of alkyl halides is 1. The first kappa shape index (κ1) is 8.92. The van der Waals surface area contributed by atoms with Crippen molar-refractivity contribution in [3.8, 4) is 0 Å². The number of nitrogens with zero attached hydrogens (tertiary/aromatic N) is 3. The fourth-order valence-corrected chi connectivity index (χ4v) is 0.705. The summed E-state index contributed by atoms with van der Waals surface area (Å²) in [5, 5.41) is 18.9. The molecule has 0 aliphatic carbocycles. The molecule has 0 amide bonds. The van der Waals surface area contributed by atoms with Crippen LogP contribution in [0, 0.1) is 0 Å². The molecule has 0 aliphatic heterocycles. The van der Waals surface area contributed by atoms with Gasteiger partial charge in [0.15, 0.2) is 5.82 Å². The van der Waals surface area contributed by atoms with Gasteiger partial charge in [-0.1, -0.05) is 5.21 Å². The molecule has 1 unspecified atom stereocenters. The summed E-state index contributed by atoms with van der Waals surface area (Å²) in [6.45, 7) is -0.609. The number of aromatic nitrogens is 3. The van der Waals surface area contributed by atoms with Gasteiger partial charge in [0.05, 0.1) is 12.3 Å². The second-order valence-corrected chi connectivity index (χ2v) is 2.47. The molecule has 5 nitrogen and oxygen atoms in total. The van der Waals surface area contributed by atoms with Gasteiger partial charge in [0.25, 0.3) is 0 Å². The minimum atomic E-state index is -0.980. The molecule has 12 heavy (non-hydrogen) atoms. The number of hydrogen-bond donors (Lipinski definition) is 2. The van der Waals surface area contributed by atoms with Crippen LogP contribution in [0.15, 0.2) is 6.20 Å². The number of aryl methyl sites for hydroxylation is 1. The van der Waals surface area contributed by atoms with Gasteiger partial charge in [0, 0.05) is 13.6 Å². The van der Waals surface area contributed by atoms with Crippen molar-refractivity contribution in [1.82, 2.24) is 15.0 Å². The van der Waals surface area contributed by atoms with Crippen molar-refractivity contribution in [3.63, 3.8) is 0 Å². The average molecular weight is 174 g/mol. The van der Waals surface area contributed by atoms with Crippen molar-refractivity contribution in [1.29, 1.82) is 0 Å². The quantitative estimate of drug-likeness (QED) is 0.649. The molecule has 1 heterocycles. The first-order chi connectivity index (χ1) is 5.72. The lowest BCUT2D eigenvalue weighted by Gasteiger charge is -2.05. The van der Waals surface area contributed by atoms with E-state index < -0.39 is 12.8 Å². The third-order valence-electron chi connectivity index (χ3n) is 1.30. The van der Waals surface area contributed by atoms with Gasteiger partial charge >= 0.3 is 0 Å². The van der Waals surface area contributed by atoms with Gasteiger partial charge in [-0.15, -0.1) is 5.10 Å². The fourth-order valence-electron chi connectivity index (χ4n) is 0.705. The molecule has 1 rings (SSSR count). The van der Waals surface area contributed by atoms with Gasteiger partial charge < -0.3 is 10.4 Å². The molecule has 0 radical (unpaired) electrons. The van der Waals surface area contributed by atoms with E-state index in [-0.39, 0.29) is 6.54 Å². The highest BCUT2D eigenvalue weighted by molar-refractivity contribution is 5.29. The highest BCUT2D eigenvalue weighted by Gasteiger charge is 2.03. The lowest BCUT2D eigenvalue weighted by atomic mass is 10.4. The maximum absolute atomic E-state index is 11.8. The number of hydrogen-bond acceptors (Lipinski definition) is 4. The zero-order chi connectivity index (χ0) is 8.97. The standard InChI is InChI=1S/C6H11FN4O/c1-11-4-6(9-10-11)8-3-5(12)2-7/h4-5,8,12H,2-3H2,1H3. The molecule has 0 saturated heterocycles. The van der Waals surface area contributed by atoms with Crippen molar-refractivity contribution in [2.75, 3.05) is 18.5 Å². The van der Waals surface area contributed by atoms with Gasteiger partial charge in [-0.2, -0.15) is 0 Å². The van der Waals surface area contributed by atoms with E-state index in [1.807, 2.05) is 0 Å². The Hall–Kier alpha value is -1.17. The number of aliphatic hydroxyl groups is 1. The molecule has 6 heteroatoms. The zero-order valence-electron chi connectivity index (χ0n) is 6.74. The Bertz CT molecular complexity index is 239. The molecule has 1 atom stereocenters. The zero-order valence-corrected chi connectivity index (χ0v) is 6.74. The van der Waals surface area contributed by atoms with E-state index in [2.05, 4.69) is 15.6 Å². The largest absolute Gasteiger partial charge is 0.389 e. The molecule has 0 aromatic carbocycles. The van der Waals surface area contributed by atoms with Crippen LogP contribution in [0.5, 0.6) is 0 Å². The van der Waals surface area contributed by atoms with E-state index in [0.717, 1.165) is 0 Å². The number of nitrogens with one attached hydrogen (secondary N) is 1. The summed E-state index contributed by atoms with van der Waals surface area (Å²) in [5.41, 5.74) is 0. The molecule has 0 aliphatic rings. The minimum absolute atomic E-state index is 0.148. The van der Waals surface area contributed by atoms with Gasteiger partial charge in [-0.3, -0.25) is 4.68 Å². The Morgan fingerprint density at radius 3 is 3.08 bits per heavy atom. The molecule has 0 fully saturated rings. The summed E-state index contributed by atoms with van der Waals surface area (Å²) in [5.74, 6) is 0.532. The number of rotatable bonds is 4. The van der Waals surface area contributed by atoms with Gasteiger partial charge in [-0.05, 0) is 0 Å². The summed E-state index contributed by atoms with van der Waals surface area (Å²) >= 11 is 0. The SMILES string of the molecule is Cn1cc(NCC(O)CF)nn1. The maximum Gasteiger partial charge on any atom is 0.168 e. The van der Waals surface area contributed by atoms with Crippen LogP contribution in [0.25, 0.3) is 0 Å². The van der Waals surface area contributed by atoms with Gasteiger partial charge in [0.2, 0.25) is 0 Å². The van der Waals surface area contributed by atoms with Crippen LogP contribution < -0.4 is 5.32 Å². The summed E-state index contributed by atoms with van der Waals surface area (Å²) in [4.78, 5) is 0. The third kappa shape index (κ3) is 2.46. The first-order valence-corrected chi connectivity index (χ1v) is 3.56. The van der Waals surface area contributed by atoms with Crippen molar-refractivity contribution in [3.05, 3.63) is 6.20 Å². The average Bonchev–Trinajstić information content (AvgIpc) is 2.47. The monoisotopic (exact) mass is 174 g/mol. The van der Waals surface area contributed by atoms with E-state index in [4.69, 9.17) is 5.11 Å². The first-order valence-electron chi connectivity index (χ1n) is 3.56. The van der Waals surface area contributed by atoms with Crippen molar-refractivity contribution in [2.45, 2.75) is 6.10 Å². The fraction of sp³-hybridized carbons (Fsp3) is 0.667. The van der Waals surface area contributed by atoms with Crippen molar-refractivity contribution in [2.24, 2.45) is 7.05 Å². The molecule has 0 saturated carbocycles. The van der Waals surface area contributed by atoms with Crippen molar-refractivity contribution >= 4 is 5.82 Å². The molecule has 0 bridgehead atoms. The van der Waals surface area contributed by atoms with Crippen LogP contribution in [0.2, 0.25) is 0 Å². The molecule has 68 valence electrons. The highest BCUT2D eigenvalue weighted by Crippen LogP contribution is 1.98. The van der Waals surface area contributed by atoms with Crippen LogP contribution in [-0.4, -0.2) is 39.4 Å². The minimum Gasteiger partial charge on any atom is -0.389 e. The van der Waals surface area contributed by atoms with Gasteiger partial charge in [-0.25, -0.2) is 4.39 Å². The van der Waals surface area contributed by atoms with Gasteiger partial charge in [0.1, 0.15) is 6.67 Å². The molecular weight excluding hydrogens is 163 g/mol. The molecule has 0 spiro atoms. The number of anilines is 1. The lowest BCUT2D eigenvalue weighted by Crippen LogP contribution is -2.21. The normalized spacial score (nSPS) is 12.9. The Kier molecular flexibility index (Phi) is 2.98. The Morgan fingerprint density at radius 1 is 1.83 bits per heavy atom. The van der Waals surface area contributed by atoms with E-state index in [0.29, 0.717) is 5.82 Å². The summed E-state index contributed by atoms with van der Waals surface area (Å²) in [7, 11) is 1.73. The van der Waals surface area contributed by atoms with Crippen LogP contribution in [0.3, 0.4) is 0 Å². The third-order valence-corrected chi connectivity index (χ3v) is 1.30. The Balaban J connectivity index is 2.33. The molecular formula is C6H11FN4O. The van der Waals surface area contributed by atoms with E-state index >= 15 is 0 Å². The summed E-state index contributed by atoms with van der Waals surface area (Å²) in [6.07, 6.45) is 0.664. The van der Waals surface area contributed by atoms with E-state index in [1.165, 1.54) is 4.68 Å². The lowest BCUT2D eigenvalue weighted by molar-refractivity contribution is 0.151. The highest BCUT2D eigenvalue weighted by atomic mass is 19.1. The van der Waals surface area contributed by atoms with Crippen LogP contribution in [-0.2, 0) is 7.05 Å². The number of halogens is 1. The second-order valence-electron chi connectivity index (χ2n) is 2.47. The molecule has 1 aromatic heterocycles. The van der Waals surface area contributed by atoms with Crippen LogP contribution >= 0.6 is 0 Å². The molecule has 2 N–H and O–H groups in total. The van der Waals surface area contributed by atoms with E-state index in [9.17, 15) is 4.39 Å². The predicted molar refractivity (Wildman–Crippen MR) is 41.5 cm³/mol. The topological polar surface area (TPSA) is 63.0 Å². The maximum atomic E-state index is 11.8.